The lowest BCUT2D eigenvalue weighted by molar-refractivity contribution is 0.204. The summed E-state index contributed by atoms with van der Waals surface area (Å²) in [6.45, 7) is 0. The van der Waals surface area contributed by atoms with Crippen molar-refractivity contribution in [2.24, 2.45) is 0 Å². The molecule has 2 nitrogen and oxygen atoms in total. The first-order chi connectivity index (χ1) is 5.34. The van der Waals surface area contributed by atoms with Gasteiger partial charge in [0.25, 0.3) is 0 Å². The molecule has 0 bridgehead atoms. The minimum absolute atomic E-state index is 0.376. The predicted octanol–water partition coefficient (Wildman–Crippen LogP) is 1.48. The van der Waals surface area contributed by atoms with Crippen molar-refractivity contribution in [3.63, 3.8) is 0 Å². The first-order valence-corrected chi connectivity index (χ1v) is 4.81. The summed E-state index contributed by atoms with van der Waals surface area (Å²) in [5.41, 5.74) is 0.891. The van der Waals surface area contributed by atoms with Crippen LogP contribution in [-0.2, 0) is 0 Å². The summed E-state index contributed by atoms with van der Waals surface area (Å²) in [5, 5.41) is 9.46. The average molecular weight is 169 g/mol. The van der Waals surface area contributed by atoms with Crippen LogP contribution >= 0.6 is 11.8 Å². The van der Waals surface area contributed by atoms with Gasteiger partial charge in [-0.3, -0.25) is 4.98 Å². The van der Waals surface area contributed by atoms with Crippen LogP contribution in [0.3, 0.4) is 0 Å². The highest BCUT2D eigenvalue weighted by atomic mass is 32.2. The van der Waals surface area contributed by atoms with Crippen molar-refractivity contribution in [2.75, 3.05) is 12.0 Å². The maximum Gasteiger partial charge on any atom is 0.0895 e. The fourth-order valence-corrected chi connectivity index (χ4v) is 1.34. The molecule has 60 valence electrons. The van der Waals surface area contributed by atoms with Crippen molar-refractivity contribution in [1.29, 1.82) is 0 Å². The molecule has 0 amide bonds. The van der Waals surface area contributed by atoms with E-state index in [0.29, 0.717) is 0 Å². The van der Waals surface area contributed by atoms with Crippen LogP contribution in [0, 0.1) is 0 Å². The van der Waals surface area contributed by atoms with Crippen LogP contribution < -0.4 is 0 Å². The summed E-state index contributed by atoms with van der Waals surface area (Å²) in [5.74, 6) is 0.728. The van der Waals surface area contributed by atoms with Gasteiger partial charge >= 0.3 is 0 Å². The van der Waals surface area contributed by atoms with Crippen LogP contribution in [0.25, 0.3) is 0 Å². The summed E-state index contributed by atoms with van der Waals surface area (Å²) < 4.78 is 0. The molecule has 1 aromatic rings. The van der Waals surface area contributed by atoms with E-state index in [1.54, 1.807) is 24.2 Å². The lowest BCUT2D eigenvalue weighted by Crippen LogP contribution is -1.99. The topological polar surface area (TPSA) is 33.1 Å². The van der Waals surface area contributed by atoms with Gasteiger partial charge in [-0.05, 0) is 17.9 Å². The van der Waals surface area contributed by atoms with Gasteiger partial charge < -0.3 is 5.11 Å². The Labute approximate surface area is 70.7 Å². The Bertz CT molecular complexity index is 203. The van der Waals surface area contributed by atoms with Gasteiger partial charge in [0.1, 0.15) is 0 Å². The summed E-state index contributed by atoms with van der Waals surface area (Å²) in [4.78, 5) is 3.92. The molecule has 0 aromatic carbocycles. The number of rotatable bonds is 3. The Hall–Kier alpha value is -0.540. The van der Waals surface area contributed by atoms with Gasteiger partial charge in [0, 0.05) is 18.1 Å². The molecular weight excluding hydrogens is 158 g/mol. The summed E-state index contributed by atoms with van der Waals surface area (Å²) >= 11 is 1.63. The van der Waals surface area contributed by atoms with Crippen molar-refractivity contribution in [2.45, 2.75) is 6.10 Å². The van der Waals surface area contributed by atoms with Gasteiger partial charge in [0.05, 0.1) is 6.10 Å². The van der Waals surface area contributed by atoms with E-state index >= 15 is 0 Å². The molecule has 0 aliphatic carbocycles. The SMILES string of the molecule is CSCC(O)c1cccnc1. The van der Waals surface area contributed by atoms with E-state index < -0.39 is 0 Å². The Morgan fingerprint density at radius 1 is 1.73 bits per heavy atom. The highest BCUT2D eigenvalue weighted by Gasteiger charge is 2.04. The molecule has 1 rings (SSSR count). The van der Waals surface area contributed by atoms with Crippen molar-refractivity contribution in [3.05, 3.63) is 30.1 Å². The van der Waals surface area contributed by atoms with Crippen molar-refractivity contribution in [3.8, 4) is 0 Å². The molecule has 3 heteroatoms. The number of nitrogens with zero attached hydrogens (tertiary/aromatic N) is 1. The summed E-state index contributed by atoms with van der Waals surface area (Å²) in [7, 11) is 0. The normalized spacial score (nSPS) is 12.9. The fraction of sp³-hybridized carbons (Fsp3) is 0.375. The number of hydrogen-bond donors (Lipinski definition) is 1. The molecule has 11 heavy (non-hydrogen) atoms. The molecule has 1 aromatic heterocycles. The Morgan fingerprint density at radius 2 is 2.55 bits per heavy atom. The van der Waals surface area contributed by atoms with E-state index in [4.69, 9.17) is 0 Å². The van der Waals surface area contributed by atoms with Gasteiger partial charge in [0.15, 0.2) is 0 Å². The molecular formula is C8H11NOS. The predicted molar refractivity (Wildman–Crippen MR) is 47.6 cm³/mol. The van der Waals surface area contributed by atoms with E-state index in [9.17, 15) is 5.11 Å². The lowest BCUT2D eigenvalue weighted by atomic mass is 10.2. The van der Waals surface area contributed by atoms with Crippen LogP contribution in [0.15, 0.2) is 24.5 Å². The molecule has 0 saturated heterocycles. The molecule has 1 N–H and O–H groups in total. The number of pyridine rings is 1. The van der Waals surface area contributed by atoms with Gasteiger partial charge in [-0.25, -0.2) is 0 Å². The Kier molecular flexibility index (Phi) is 3.39. The minimum Gasteiger partial charge on any atom is -0.387 e. The summed E-state index contributed by atoms with van der Waals surface area (Å²) in [6.07, 6.45) is 4.99. The zero-order chi connectivity index (χ0) is 8.10. The van der Waals surface area contributed by atoms with Gasteiger partial charge in [0.2, 0.25) is 0 Å². The molecule has 0 fully saturated rings. The molecule has 0 aliphatic heterocycles. The zero-order valence-corrected chi connectivity index (χ0v) is 7.21. The van der Waals surface area contributed by atoms with E-state index in [0.717, 1.165) is 11.3 Å². The molecule has 0 saturated carbocycles. The monoisotopic (exact) mass is 169 g/mol. The Morgan fingerprint density at radius 3 is 3.09 bits per heavy atom. The average Bonchev–Trinajstić information content (AvgIpc) is 2.07. The van der Waals surface area contributed by atoms with Crippen molar-refractivity contribution >= 4 is 11.8 Å². The standard InChI is InChI=1S/C8H11NOS/c1-11-6-8(10)7-3-2-4-9-5-7/h2-5,8,10H,6H2,1H3. The molecule has 0 radical (unpaired) electrons. The largest absolute Gasteiger partial charge is 0.387 e. The highest BCUT2D eigenvalue weighted by Crippen LogP contribution is 2.14. The summed E-state index contributed by atoms with van der Waals surface area (Å²) in [6, 6.07) is 3.72. The quantitative estimate of drug-likeness (QED) is 0.744. The number of aliphatic hydroxyl groups excluding tert-OH is 1. The smallest absolute Gasteiger partial charge is 0.0895 e. The van der Waals surface area contributed by atoms with Crippen LogP contribution in [0.4, 0.5) is 0 Å². The minimum atomic E-state index is -0.376. The molecule has 0 aliphatic rings. The van der Waals surface area contributed by atoms with E-state index in [1.807, 2.05) is 18.4 Å². The lowest BCUT2D eigenvalue weighted by Gasteiger charge is -2.07. The van der Waals surface area contributed by atoms with E-state index in [1.165, 1.54) is 0 Å². The number of aromatic nitrogens is 1. The highest BCUT2D eigenvalue weighted by molar-refractivity contribution is 7.98. The third kappa shape index (κ3) is 2.52. The van der Waals surface area contributed by atoms with Gasteiger partial charge in [-0.2, -0.15) is 11.8 Å². The first kappa shape index (κ1) is 8.56. The molecule has 1 atom stereocenters. The Balaban J connectivity index is 2.61. The van der Waals surface area contributed by atoms with Crippen LogP contribution in [0.2, 0.25) is 0 Å². The maximum absolute atomic E-state index is 9.46. The second-order valence-corrected chi connectivity index (χ2v) is 3.17. The third-order valence-electron chi connectivity index (χ3n) is 1.39. The van der Waals surface area contributed by atoms with Crippen LogP contribution in [0.5, 0.6) is 0 Å². The van der Waals surface area contributed by atoms with Crippen LogP contribution in [0.1, 0.15) is 11.7 Å². The van der Waals surface area contributed by atoms with Gasteiger partial charge in [-0.15, -0.1) is 0 Å². The molecule has 1 unspecified atom stereocenters. The van der Waals surface area contributed by atoms with Crippen molar-refractivity contribution in [1.82, 2.24) is 4.98 Å². The fourth-order valence-electron chi connectivity index (χ4n) is 0.827. The van der Waals surface area contributed by atoms with Gasteiger partial charge in [-0.1, -0.05) is 6.07 Å². The number of hydrogen-bond acceptors (Lipinski definition) is 3. The number of thioether (sulfide) groups is 1. The zero-order valence-electron chi connectivity index (χ0n) is 6.40. The van der Waals surface area contributed by atoms with Crippen LogP contribution in [-0.4, -0.2) is 22.1 Å². The maximum atomic E-state index is 9.46. The number of aliphatic hydroxyl groups is 1. The second kappa shape index (κ2) is 4.36. The van der Waals surface area contributed by atoms with E-state index in [2.05, 4.69) is 4.98 Å². The van der Waals surface area contributed by atoms with E-state index in [-0.39, 0.29) is 6.10 Å². The second-order valence-electron chi connectivity index (χ2n) is 2.26. The third-order valence-corrected chi connectivity index (χ3v) is 2.04. The molecule has 1 heterocycles. The first-order valence-electron chi connectivity index (χ1n) is 3.41. The van der Waals surface area contributed by atoms with Crippen molar-refractivity contribution < 1.29 is 5.11 Å². The molecule has 0 spiro atoms.